The van der Waals surface area contributed by atoms with Gasteiger partial charge in [-0.25, -0.2) is 4.68 Å². The van der Waals surface area contributed by atoms with Gasteiger partial charge in [-0.05, 0) is 16.0 Å². The van der Waals surface area contributed by atoms with E-state index in [0.717, 1.165) is 5.56 Å². The molecule has 0 spiro atoms. The van der Waals surface area contributed by atoms with E-state index in [0.29, 0.717) is 12.4 Å². The van der Waals surface area contributed by atoms with E-state index in [1.165, 1.54) is 4.68 Å². The lowest BCUT2D eigenvalue weighted by Crippen LogP contribution is -2.14. The highest BCUT2D eigenvalue weighted by atomic mass is 16.5. The number of benzene rings is 1. The van der Waals surface area contributed by atoms with Crippen molar-refractivity contribution in [3.63, 3.8) is 0 Å². The Bertz CT molecular complexity index is 512. The van der Waals surface area contributed by atoms with Gasteiger partial charge in [-0.1, -0.05) is 30.3 Å². The summed E-state index contributed by atoms with van der Waals surface area (Å²) in [7, 11) is 0. The van der Waals surface area contributed by atoms with Crippen LogP contribution in [0.5, 0.6) is 0 Å². The third-order valence-corrected chi connectivity index (χ3v) is 2.23. The molecule has 0 aliphatic carbocycles. The van der Waals surface area contributed by atoms with Crippen LogP contribution < -0.4 is 0 Å². The Morgan fingerprint density at radius 1 is 1.28 bits per heavy atom. The average molecular weight is 248 g/mol. The monoisotopic (exact) mass is 248 g/mol. The molecular weight excluding hydrogens is 236 g/mol. The Kier molecular flexibility index (Phi) is 3.98. The summed E-state index contributed by atoms with van der Waals surface area (Å²) in [6, 6.07) is 9.66. The smallest absolute Gasteiger partial charge is 0.325 e. The van der Waals surface area contributed by atoms with Crippen molar-refractivity contribution in [2.45, 2.75) is 19.8 Å². The summed E-state index contributed by atoms with van der Waals surface area (Å²) < 4.78 is 6.63. The molecule has 1 aromatic heterocycles. The van der Waals surface area contributed by atoms with E-state index in [1.807, 2.05) is 30.3 Å². The first-order chi connectivity index (χ1) is 8.75. The Balaban J connectivity index is 1.87. The SMILES string of the molecule is O=C(O)Cn1nnnc1COCc1ccccc1. The molecule has 1 heterocycles. The molecule has 2 aromatic rings. The summed E-state index contributed by atoms with van der Waals surface area (Å²) in [5, 5.41) is 19.4. The van der Waals surface area contributed by atoms with Crippen molar-refractivity contribution in [3.05, 3.63) is 41.7 Å². The largest absolute Gasteiger partial charge is 0.480 e. The molecule has 0 unspecified atom stereocenters. The Morgan fingerprint density at radius 2 is 2.06 bits per heavy atom. The Morgan fingerprint density at radius 3 is 2.78 bits per heavy atom. The minimum Gasteiger partial charge on any atom is -0.480 e. The normalized spacial score (nSPS) is 10.4. The molecule has 1 N–H and O–H groups in total. The number of hydrogen-bond acceptors (Lipinski definition) is 5. The molecule has 0 amide bonds. The third-order valence-electron chi connectivity index (χ3n) is 2.23. The van der Waals surface area contributed by atoms with Gasteiger partial charge < -0.3 is 9.84 Å². The summed E-state index contributed by atoms with van der Waals surface area (Å²) in [5.41, 5.74) is 1.04. The highest BCUT2D eigenvalue weighted by Crippen LogP contribution is 2.03. The zero-order valence-electron chi connectivity index (χ0n) is 9.56. The molecule has 94 valence electrons. The molecule has 1 aromatic carbocycles. The zero-order chi connectivity index (χ0) is 12.8. The first-order valence-corrected chi connectivity index (χ1v) is 5.34. The fourth-order valence-corrected chi connectivity index (χ4v) is 1.41. The number of tetrazole rings is 1. The molecule has 0 radical (unpaired) electrons. The number of aliphatic carboxylic acids is 1. The van der Waals surface area contributed by atoms with E-state index in [4.69, 9.17) is 9.84 Å². The minimum atomic E-state index is -0.994. The quantitative estimate of drug-likeness (QED) is 0.799. The van der Waals surface area contributed by atoms with Gasteiger partial charge in [0.05, 0.1) is 6.61 Å². The molecule has 0 aliphatic heterocycles. The second-order valence-electron chi connectivity index (χ2n) is 3.62. The lowest BCUT2D eigenvalue weighted by Gasteiger charge is -2.04. The second-order valence-corrected chi connectivity index (χ2v) is 3.62. The summed E-state index contributed by atoms with van der Waals surface area (Å²) in [6.45, 7) is 0.340. The van der Waals surface area contributed by atoms with Crippen LogP contribution in [0.4, 0.5) is 0 Å². The molecule has 0 aliphatic rings. The van der Waals surface area contributed by atoms with E-state index in [9.17, 15) is 4.79 Å². The average Bonchev–Trinajstić information content (AvgIpc) is 2.77. The van der Waals surface area contributed by atoms with Gasteiger partial charge in [-0.2, -0.15) is 0 Å². The number of aromatic nitrogens is 4. The predicted molar refractivity (Wildman–Crippen MR) is 60.4 cm³/mol. The van der Waals surface area contributed by atoms with E-state index in [2.05, 4.69) is 15.5 Å². The lowest BCUT2D eigenvalue weighted by molar-refractivity contribution is -0.138. The zero-order valence-corrected chi connectivity index (χ0v) is 9.56. The summed E-state index contributed by atoms with van der Waals surface area (Å²) in [5.74, 6) is -0.597. The second kappa shape index (κ2) is 5.87. The van der Waals surface area contributed by atoms with Crippen molar-refractivity contribution in [1.82, 2.24) is 20.2 Å². The van der Waals surface area contributed by atoms with E-state index in [-0.39, 0.29) is 13.2 Å². The van der Waals surface area contributed by atoms with Gasteiger partial charge >= 0.3 is 5.97 Å². The maximum Gasteiger partial charge on any atom is 0.325 e. The number of carbonyl (C=O) groups is 1. The molecule has 18 heavy (non-hydrogen) atoms. The third kappa shape index (κ3) is 3.36. The fraction of sp³-hybridized carbons (Fsp3) is 0.273. The summed E-state index contributed by atoms with van der Waals surface area (Å²) in [4.78, 5) is 10.6. The van der Waals surface area contributed by atoms with Gasteiger partial charge in [0, 0.05) is 0 Å². The molecule has 0 saturated heterocycles. The number of nitrogens with zero attached hydrogens (tertiary/aromatic N) is 4. The Labute approximate surface area is 103 Å². The van der Waals surface area contributed by atoms with Crippen LogP contribution in [0.1, 0.15) is 11.4 Å². The van der Waals surface area contributed by atoms with Crippen molar-refractivity contribution in [1.29, 1.82) is 0 Å². The van der Waals surface area contributed by atoms with Gasteiger partial charge in [0.1, 0.15) is 13.2 Å². The van der Waals surface area contributed by atoms with Gasteiger partial charge in [-0.15, -0.1) is 5.10 Å². The van der Waals surface area contributed by atoms with Gasteiger partial charge in [0.25, 0.3) is 0 Å². The van der Waals surface area contributed by atoms with Crippen LogP contribution >= 0.6 is 0 Å². The molecule has 2 rings (SSSR count). The summed E-state index contributed by atoms with van der Waals surface area (Å²) >= 11 is 0. The van der Waals surface area contributed by atoms with Crippen LogP contribution in [0.15, 0.2) is 30.3 Å². The van der Waals surface area contributed by atoms with Gasteiger partial charge in [0.15, 0.2) is 5.82 Å². The van der Waals surface area contributed by atoms with Gasteiger partial charge in [-0.3, -0.25) is 4.79 Å². The van der Waals surface area contributed by atoms with Gasteiger partial charge in [0.2, 0.25) is 0 Å². The van der Waals surface area contributed by atoms with Crippen molar-refractivity contribution in [2.24, 2.45) is 0 Å². The van der Waals surface area contributed by atoms with Crippen LogP contribution in [-0.2, 0) is 29.3 Å². The first-order valence-electron chi connectivity index (χ1n) is 5.34. The highest BCUT2D eigenvalue weighted by molar-refractivity contribution is 5.66. The molecule has 0 bridgehead atoms. The number of carboxylic acid groups (broad SMARTS) is 1. The minimum absolute atomic E-state index is 0.176. The van der Waals surface area contributed by atoms with Crippen molar-refractivity contribution in [2.75, 3.05) is 0 Å². The van der Waals surface area contributed by atoms with Crippen molar-refractivity contribution in [3.8, 4) is 0 Å². The maximum absolute atomic E-state index is 10.6. The lowest BCUT2D eigenvalue weighted by atomic mass is 10.2. The van der Waals surface area contributed by atoms with Crippen LogP contribution in [0.25, 0.3) is 0 Å². The first kappa shape index (κ1) is 12.2. The number of carboxylic acids is 1. The molecule has 0 fully saturated rings. The van der Waals surface area contributed by atoms with E-state index >= 15 is 0 Å². The molecule has 0 saturated carbocycles. The molecule has 0 atom stereocenters. The van der Waals surface area contributed by atoms with E-state index in [1.54, 1.807) is 0 Å². The van der Waals surface area contributed by atoms with Crippen LogP contribution in [0, 0.1) is 0 Å². The molecule has 7 heteroatoms. The van der Waals surface area contributed by atoms with Crippen LogP contribution in [-0.4, -0.2) is 31.3 Å². The molecule has 7 nitrogen and oxygen atoms in total. The topological polar surface area (TPSA) is 90.1 Å². The standard InChI is InChI=1S/C11H12N4O3/c16-11(17)6-15-10(12-13-14-15)8-18-7-9-4-2-1-3-5-9/h1-5H,6-8H2,(H,16,17). The summed E-state index contributed by atoms with van der Waals surface area (Å²) in [6.07, 6.45) is 0. The van der Waals surface area contributed by atoms with Crippen LogP contribution in [0.2, 0.25) is 0 Å². The molecular formula is C11H12N4O3. The Hall–Kier alpha value is -2.28. The van der Waals surface area contributed by atoms with Crippen LogP contribution in [0.3, 0.4) is 0 Å². The number of hydrogen-bond donors (Lipinski definition) is 1. The maximum atomic E-state index is 10.6. The van der Waals surface area contributed by atoms with Crippen molar-refractivity contribution < 1.29 is 14.6 Å². The number of ether oxygens (including phenoxy) is 1. The fourth-order valence-electron chi connectivity index (χ4n) is 1.41. The number of rotatable bonds is 6. The highest BCUT2D eigenvalue weighted by Gasteiger charge is 2.09. The van der Waals surface area contributed by atoms with Crippen molar-refractivity contribution >= 4 is 5.97 Å². The van der Waals surface area contributed by atoms with E-state index < -0.39 is 5.97 Å². The predicted octanol–water partition coefficient (Wildman–Crippen LogP) is 0.474.